The molecular formula is C13H18O3. The lowest BCUT2D eigenvalue weighted by Crippen LogP contribution is -2.07. The molecule has 0 aliphatic rings. The van der Waals surface area contributed by atoms with Crippen LogP contribution in [-0.2, 0) is 4.79 Å². The van der Waals surface area contributed by atoms with Crippen molar-refractivity contribution < 1.29 is 14.3 Å². The van der Waals surface area contributed by atoms with Crippen LogP contribution in [0.4, 0.5) is 0 Å². The Kier molecular flexibility index (Phi) is 4.35. The summed E-state index contributed by atoms with van der Waals surface area (Å²) in [6, 6.07) is 5.53. The van der Waals surface area contributed by atoms with E-state index in [9.17, 15) is 4.79 Å². The van der Waals surface area contributed by atoms with Gasteiger partial charge in [-0.2, -0.15) is 0 Å². The summed E-state index contributed by atoms with van der Waals surface area (Å²) in [6.07, 6.45) is 1.02. The first-order chi connectivity index (χ1) is 7.58. The molecule has 0 radical (unpaired) electrons. The highest BCUT2D eigenvalue weighted by Crippen LogP contribution is 2.29. The molecule has 0 aliphatic carbocycles. The molecule has 0 aromatic heterocycles. The smallest absolute Gasteiger partial charge is 0.127 e. The molecule has 1 rings (SSSR count). The van der Waals surface area contributed by atoms with Crippen LogP contribution in [0.1, 0.15) is 32.3 Å². The number of rotatable bonds is 5. The maximum Gasteiger partial charge on any atom is 0.127 e. The van der Waals surface area contributed by atoms with E-state index in [1.54, 1.807) is 7.11 Å². The van der Waals surface area contributed by atoms with Gasteiger partial charge in [0.05, 0.1) is 13.2 Å². The molecule has 0 aliphatic heterocycles. The van der Waals surface area contributed by atoms with Crippen molar-refractivity contribution in [3.63, 3.8) is 0 Å². The number of hydrogen-bond donors (Lipinski definition) is 0. The molecule has 16 heavy (non-hydrogen) atoms. The van der Waals surface area contributed by atoms with E-state index in [0.29, 0.717) is 0 Å². The van der Waals surface area contributed by atoms with Crippen LogP contribution in [0.2, 0.25) is 0 Å². The average Bonchev–Trinajstić information content (AvgIpc) is 2.27. The van der Waals surface area contributed by atoms with Crippen molar-refractivity contribution in [2.75, 3.05) is 7.11 Å². The van der Waals surface area contributed by atoms with Crippen LogP contribution in [0.5, 0.6) is 11.5 Å². The van der Waals surface area contributed by atoms with Crippen LogP contribution in [-0.4, -0.2) is 19.5 Å². The van der Waals surface area contributed by atoms with Gasteiger partial charge in [0.15, 0.2) is 0 Å². The Morgan fingerprint density at radius 3 is 2.44 bits per heavy atom. The lowest BCUT2D eigenvalue weighted by molar-refractivity contribution is -0.108. The van der Waals surface area contributed by atoms with Gasteiger partial charge in [0.1, 0.15) is 17.8 Å². The number of methoxy groups -OCH3 is 1. The largest absolute Gasteiger partial charge is 0.496 e. The molecule has 3 nitrogen and oxygen atoms in total. The number of hydrogen-bond acceptors (Lipinski definition) is 3. The van der Waals surface area contributed by atoms with E-state index in [1.165, 1.54) is 0 Å². The Hall–Kier alpha value is -1.51. The molecule has 0 bridgehead atoms. The molecular weight excluding hydrogens is 204 g/mol. The summed E-state index contributed by atoms with van der Waals surface area (Å²) in [4.78, 5) is 10.8. The third kappa shape index (κ3) is 2.99. The van der Waals surface area contributed by atoms with Crippen LogP contribution in [0, 0.1) is 0 Å². The third-order valence-corrected chi connectivity index (χ3v) is 2.27. The van der Waals surface area contributed by atoms with Crippen LogP contribution in [0.25, 0.3) is 0 Å². The van der Waals surface area contributed by atoms with Crippen molar-refractivity contribution in [3.05, 3.63) is 23.8 Å². The minimum Gasteiger partial charge on any atom is -0.496 e. The summed E-state index contributed by atoms with van der Waals surface area (Å²) < 4.78 is 10.8. The second-order valence-corrected chi connectivity index (χ2v) is 4.00. The van der Waals surface area contributed by atoms with Crippen LogP contribution in [0.15, 0.2) is 18.2 Å². The number of ether oxygens (including phenoxy) is 2. The van der Waals surface area contributed by atoms with Gasteiger partial charge in [-0.15, -0.1) is 0 Å². The highest BCUT2D eigenvalue weighted by molar-refractivity contribution is 5.64. The van der Waals surface area contributed by atoms with Gasteiger partial charge in [0.2, 0.25) is 0 Å². The molecule has 3 heteroatoms. The Balaban J connectivity index is 3.05. The SMILES string of the molecule is COc1ccc(OC(C)C)cc1C(C)C=O. The summed E-state index contributed by atoms with van der Waals surface area (Å²) in [5.41, 5.74) is 0.857. The Morgan fingerprint density at radius 2 is 1.94 bits per heavy atom. The number of carbonyl (C=O) groups excluding carboxylic acids is 1. The number of carbonyl (C=O) groups is 1. The van der Waals surface area contributed by atoms with E-state index >= 15 is 0 Å². The monoisotopic (exact) mass is 222 g/mol. The molecule has 1 aromatic rings. The highest BCUT2D eigenvalue weighted by atomic mass is 16.5. The third-order valence-electron chi connectivity index (χ3n) is 2.27. The second kappa shape index (κ2) is 5.54. The van der Waals surface area contributed by atoms with Gasteiger partial charge in [-0.3, -0.25) is 0 Å². The maximum atomic E-state index is 10.8. The van der Waals surface area contributed by atoms with Gasteiger partial charge < -0.3 is 14.3 Å². The van der Waals surface area contributed by atoms with Crippen LogP contribution in [0.3, 0.4) is 0 Å². The predicted octanol–water partition coefficient (Wildman–Crippen LogP) is 2.78. The molecule has 0 heterocycles. The molecule has 88 valence electrons. The molecule has 0 amide bonds. The van der Waals surface area contributed by atoms with E-state index in [-0.39, 0.29) is 12.0 Å². The van der Waals surface area contributed by atoms with Crippen molar-refractivity contribution in [3.8, 4) is 11.5 Å². The average molecular weight is 222 g/mol. The van der Waals surface area contributed by atoms with Crippen molar-refractivity contribution in [2.45, 2.75) is 32.8 Å². The van der Waals surface area contributed by atoms with E-state index in [0.717, 1.165) is 23.3 Å². The first-order valence-electron chi connectivity index (χ1n) is 5.38. The molecule has 0 spiro atoms. The molecule has 0 saturated carbocycles. The minimum atomic E-state index is -0.189. The van der Waals surface area contributed by atoms with E-state index < -0.39 is 0 Å². The molecule has 0 N–H and O–H groups in total. The van der Waals surface area contributed by atoms with E-state index in [2.05, 4.69) is 0 Å². The first-order valence-corrected chi connectivity index (χ1v) is 5.38. The zero-order valence-corrected chi connectivity index (χ0v) is 10.2. The van der Waals surface area contributed by atoms with Crippen molar-refractivity contribution >= 4 is 6.29 Å². The van der Waals surface area contributed by atoms with Gasteiger partial charge >= 0.3 is 0 Å². The van der Waals surface area contributed by atoms with Crippen LogP contribution >= 0.6 is 0 Å². The summed E-state index contributed by atoms with van der Waals surface area (Å²) in [6.45, 7) is 5.77. The van der Waals surface area contributed by atoms with Gasteiger partial charge in [-0.1, -0.05) is 6.92 Å². The first kappa shape index (κ1) is 12.6. The van der Waals surface area contributed by atoms with Crippen molar-refractivity contribution in [1.29, 1.82) is 0 Å². The van der Waals surface area contributed by atoms with Crippen molar-refractivity contribution in [2.24, 2.45) is 0 Å². The molecule has 1 atom stereocenters. The summed E-state index contributed by atoms with van der Waals surface area (Å²) in [5.74, 6) is 1.29. The van der Waals surface area contributed by atoms with Gasteiger partial charge in [0.25, 0.3) is 0 Å². The predicted molar refractivity (Wildman–Crippen MR) is 63.2 cm³/mol. The Labute approximate surface area is 96.4 Å². The Morgan fingerprint density at radius 1 is 1.25 bits per heavy atom. The quantitative estimate of drug-likeness (QED) is 0.719. The second-order valence-electron chi connectivity index (χ2n) is 4.00. The lowest BCUT2D eigenvalue weighted by atomic mass is 10.0. The van der Waals surface area contributed by atoms with Gasteiger partial charge in [0, 0.05) is 11.5 Å². The molecule has 0 saturated heterocycles. The topological polar surface area (TPSA) is 35.5 Å². The lowest BCUT2D eigenvalue weighted by Gasteiger charge is -2.15. The zero-order chi connectivity index (χ0) is 12.1. The summed E-state index contributed by atoms with van der Waals surface area (Å²) >= 11 is 0. The number of benzene rings is 1. The zero-order valence-electron chi connectivity index (χ0n) is 10.2. The van der Waals surface area contributed by atoms with Crippen LogP contribution < -0.4 is 9.47 Å². The van der Waals surface area contributed by atoms with Gasteiger partial charge in [-0.05, 0) is 32.0 Å². The molecule has 1 aromatic carbocycles. The fourth-order valence-electron chi connectivity index (χ4n) is 1.49. The molecule has 0 fully saturated rings. The number of aldehydes is 1. The van der Waals surface area contributed by atoms with Gasteiger partial charge in [-0.25, -0.2) is 0 Å². The summed E-state index contributed by atoms with van der Waals surface area (Å²) in [5, 5.41) is 0. The Bertz CT molecular complexity index is 358. The fourth-order valence-corrected chi connectivity index (χ4v) is 1.49. The normalized spacial score (nSPS) is 12.3. The summed E-state index contributed by atoms with van der Waals surface area (Å²) in [7, 11) is 1.60. The van der Waals surface area contributed by atoms with E-state index in [4.69, 9.17) is 9.47 Å². The highest BCUT2D eigenvalue weighted by Gasteiger charge is 2.12. The standard InChI is InChI=1S/C13H18O3/c1-9(2)16-11-5-6-13(15-4)12(7-11)10(3)8-14/h5-10H,1-4H3. The van der Waals surface area contributed by atoms with E-state index in [1.807, 2.05) is 39.0 Å². The fraction of sp³-hybridized carbons (Fsp3) is 0.462. The maximum absolute atomic E-state index is 10.8. The molecule has 1 unspecified atom stereocenters. The minimum absolute atomic E-state index is 0.118. The van der Waals surface area contributed by atoms with Crippen molar-refractivity contribution in [1.82, 2.24) is 0 Å².